The molecule has 0 aliphatic rings. The summed E-state index contributed by atoms with van der Waals surface area (Å²) in [5.74, 6) is -1.63. The van der Waals surface area contributed by atoms with E-state index in [-0.39, 0.29) is 5.97 Å². The highest BCUT2D eigenvalue weighted by Crippen LogP contribution is 2.36. The van der Waals surface area contributed by atoms with Crippen molar-refractivity contribution in [1.29, 1.82) is 0 Å². The van der Waals surface area contributed by atoms with Crippen LogP contribution in [0, 0.1) is 30.3 Å². The van der Waals surface area contributed by atoms with E-state index in [2.05, 4.69) is 31.3 Å². The van der Waals surface area contributed by atoms with Crippen LogP contribution in [-0.2, 0) is 16.0 Å². The zero-order valence-corrected chi connectivity index (χ0v) is 18.1. The molecule has 1 aromatic carbocycles. The lowest BCUT2D eigenvalue weighted by atomic mass is 10.2. The Morgan fingerprint density at radius 3 is 2.03 bits per heavy atom. The van der Waals surface area contributed by atoms with Gasteiger partial charge in [0.25, 0.3) is 17.1 Å². The number of likely N-dealkylation sites (N-methyl/N-ethyl adjacent to an activating group) is 1. The van der Waals surface area contributed by atoms with E-state index >= 15 is 0 Å². The van der Waals surface area contributed by atoms with Crippen LogP contribution in [0.3, 0.4) is 0 Å². The highest BCUT2D eigenvalue weighted by Gasteiger charge is 2.24. The SMILES string of the molecule is C[N+](C)(C)CCOC(=O)CCc1cccnn1.O=[N+]([O-])c1cc([N+](=O)[O-])c([O-])c([N+](=O)[O-])c1. The third-order valence-corrected chi connectivity index (χ3v) is 3.88. The second-order valence-electron chi connectivity index (χ2n) is 7.53. The normalized spacial score (nSPS) is 10.5. The van der Waals surface area contributed by atoms with Crippen LogP contribution in [0.25, 0.3) is 0 Å². The quantitative estimate of drug-likeness (QED) is 0.222. The van der Waals surface area contributed by atoms with Gasteiger partial charge in [-0.2, -0.15) is 10.2 Å². The Hall–Kier alpha value is -4.27. The van der Waals surface area contributed by atoms with E-state index in [0.29, 0.717) is 31.6 Å². The summed E-state index contributed by atoms with van der Waals surface area (Å²) in [7, 11) is 6.19. The molecule has 0 unspecified atom stereocenters. The van der Waals surface area contributed by atoms with Crippen LogP contribution in [-0.4, -0.2) is 69.7 Å². The number of nitro groups is 3. The molecule has 0 N–H and O–H groups in total. The maximum absolute atomic E-state index is 11.4. The second kappa shape index (κ2) is 11.9. The van der Waals surface area contributed by atoms with Crippen molar-refractivity contribution in [2.75, 3.05) is 34.3 Å². The Morgan fingerprint density at radius 1 is 1.03 bits per heavy atom. The average Bonchev–Trinajstić information content (AvgIpc) is 2.72. The van der Waals surface area contributed by atoms with E-state index in [1.54, 1.807) is 6.20 Å². The van der Waals surface area contributed by atoms with Gasteiger partial charge in [0.05, 0.1) is 65.9 Å². The van der Waals surface area contributed by atoms with Crippen LogP contribution in [0.1, 0.15) is 12.1 Å². The van der Waals surface area contributed by atoms with E-state index in [1.165, 1.54) is 0 Å². The molecular weight excluding hydrogens is 444 g/mol. The summed E-state index contributed by atoms with van der Waals surface area (Å²) in [6.45, 7) is 1.28. The van der Waals surface area contributed by atoms with E-state index in [4.69, 9.17) is 4.74 Å². The monoisotopic (exact) mass is 466 g/mol. The Balaban J connectivity index is 0.000000331. The molecule has 0 fully saturated rings. The molecule has 0 amide bonds. The maximum atomic E-state index is 11.4. The van der Waals surface area contributed by atoms with Gasteiger partial charge in [0.2, 0.25) is 0 Å². The van der Waals surface area contributed by atoms with Crippen molar-refractivity contribution in [3.05, 3.63) is 66.5 Å². The van der Waals surface area contributed by atoms with Crippen molar-refractivity contribution in [3.63, 3.8) is 0 Å². The minimum absolute atomic E-state index is 0.177. The predicted molar refractivity (Wildman–Crippen MR) is 110 cm³/mol. The number of aryl methyl sites for hydroxylation is 1. The third kappa shape index (κ3) is 9.60. The fraction of sp³-hybridized carbons (Fsp3) is 0.389. The number of nitro benzene ring substituents is 3. The van der Waals surface area contributed by atoms with Crippen molar-refractivity contribution in [2.24, 2.45) is 0 Å². The molecular formula is C18H22N6O9. The van der Waals surface area contributed by atoms with Crippen molar-refractivity contribution in [2.45, 2.75) is 12.8 Å². The number of hydrogen-bond acceptors (Lipinski definition) is 11. The molecule has 15 nitrogen and oxygen atoms in total. The Bertz CT molecular complexity index is 973. The van der Waals surface area contributed by atoms with E-state index in [0.717, 1.165) is 16.7 Å². The summed E-state index contributed by atoms with van der Waals surface area (Å²) >= 11 is 0. The number of nitrogens with zero attached hydrogens (tertiary/aromatic N) is 6. The Morgan fingerprint density at radius 2 is 1.61 bits per heavy atom. The lowest BCUT2D eigenvalue weighted by molar-refractivity contribution is -0.870. The molecule has 0 aliphatic heterocycles. The molecule has 0 saturated heterocycles. The first-order valence-corrected chi connectivity index (χ1v) is 9.32. The smallest absolute Gasteiger partial charge is 0.306 e. The maximum Gasteiger partial charge on any atom is 0.306 e. The zero-order valence-electron chi connectivity index (χ0n) is 18.1. The molecule has 0 spiro atoms. The fourth-order valence-corrected chi connectivity index (χ4v) is 2.16. The van der Waals surface area contributed by atoms with Gasteiger partial charge in [-0.3, -0.25) is 35.1 Å². The van der Waals surface area contributed by atoms with Crippen molar-refractivity contribution in [1.82, 2.24) is 10.2 Å². The molecule has 0 atom stereocenters. The Labute approximate surface area is 187 Å². The average molecular weight is 466 g/mol. The number of aromatic nitrogens is 2. The molecule has 15 heteroatoms. The van der Waals surface area contributed by atoms with Crippen LogP contribution >= 0.6 is 0 Å². The molecule has 178 valence electrons. The van der Waals surface area contributed by atoms with Gasteiger partial charge in [0.1, 0.15) is 13.2 Å². The number of carbonyl (C=O) groups is 1. The van der Waals surface area contributed by atoms with Gasteiger partial charge < -0.3 is 14.3 Å². The molecule has 2 rings (SSSR count). The van der Waals surface area contributed by atoms with Crippen LogP contribution < -0.4 is 5.11 Å². The van der Waals surface area contributed by atoms with Gasteiger partial charge in [0, 0.05) is 12.6 Å². The topological polar surface area (TPSA) is 205 Å². The largest absolute Gasteiger partial charge is 0.863 e. The number of rotatable bonds is 9. The molecule has 0 saturated carbocycles. The minimum Gasteiger partial charge on any atom is -0.863 e. The molecule has 1 heterocycles. The first kappa shape index (κ1) is 26.8. The van der Waals surface area contributed by atoms with Crippen LogP contribution in [0.4, 0.5) is 17.1 Å². The molecule has 1 aromatic heterocycles. The molecule has 0 aliphatic carbocycles. The lowest BCUT2D eigenvalue weighted by Gasteiger charge is -2.23. The van der Waals surface area contributed by atoms with Crippen molar-refractivity contribution < 1.29 is 33.9 Å². The predicted octanol–water partition coefficient (Wildman–Crippen LogP) is 1.14. The number of carbonyl (C=O) groups excluding carboxylic acids is 1. The third-order valence-electron chi connectivity index (χ3n) is 3.88. The fourth-order valence-electron chi connectivity index (χ4n) is 2.16. The highest BCUT2D eigenvalue weighted by molar-refractivity contribution is 5.69. The van der Waals surface area contributed by atoms with Gasteiger partial charge in [0.15, 0.2) is 0 Å². The first-order chi connectivity index (χ1) is 15.3. The zero-order chi connectivity index (χ0) is 25.2. The first-order valence-electron chi connectivity index (χ1n) is 9.32. The summed E-state index contributed by atoms with van der Waals surface area (Å²) in [6.07, 6.45) is 2.55. The molecule has 0 bridgehead atoms. The summed E-state index contributed by atoms with van der Waals surface area (Å²) < 4.78 is 5.93. The number of esters is 1. The number of benzene rings is 1. The number of quaternary nitrogens is 1. The van der Waals surface area contributed by atoms with Gasteiger partial charge in [-0.05, 0) is 12.1 Å². The van der Waals surface area contributed by atoms with Crippen LogP contribution in [0.5, 0.6) is 5.75 Å². The Kier molecular flexibility index (Phi) is 9.69. The van der Waals surface area contributed by atoms with E-state index in [1.807, 2.05) is 12.1 Å². The van der Waals surface area contributed by atoms with Crippen LogP contribution in [0.15, 0.2) is 30.5 Å². The van der Waals surface area contributed by atoms with E-state index < -0.39 is 37.6 Å². The lowest BCUT2D eigenvalue weighted by Crippen LogP contribution is -2.38. The van der Waals surface area contributed by atoms with E-state index in [9.17, 15) is 40.2 Å². The summed E-state index contributed by atoms with van der Waals surface area (Å²) in [6, 6.07) is 4.43. The van der Waals surface area contributed by atoms with Crippen LogP contribution in [0.2, 0.25) is 0 Å². The summed E-state index contributed by atoms with van der Waals surface area (Å²) in [4.78, 5) is 38.9. The highest BCUT2D eigenvalue weighted by atomic mass is 16.6. The van der Waals surface area contributed by atoms with Gasteiger partial charge in [-0.25, -0.2) is 0 Å². The van der Waals surface area contributed by atoms with Crippen molar-refractivity contribution in [3.8, 4) is 5.75 Å². The molecule has 2 aromatic rings. The van der Waals surface area contributed by atoms with Gasteiger partial charge in [-0.1, -0.05) is 0 Å². The van der Waals surface area contributed by atoms with Gasteiger partial charge >= 0.3 is 5.97 Å². The number of ether oxygens (including phenoxy) is 1. The van der Waals surface area contributed by atoms with Gasteiger partial charge in [-0.15, -0.1) is 0 Å². The summed E-state index contributed by atoms with van der Waals surface area (Å²) in [5.41, 5.74) is -2.45. The molecule has 33 heavy (non-hydrogen) atoms. The molecule has 0 radical (unpaired) electrons. The number of hydrogen-bond donors (Lipinski definition) is 0. The number of non-ortho nitro benzene ring substituents is 1. The summed E-state index contributed by atoms with van der Waals surface area (Å²) in [5, 5.41) is 49.8. The second-order valence-corrected chi connectivity index (χ2v) is 7.53. The standard InChI is InChI=1S/C12H20N3O2.C6H3N3O7/c1-15(2,3)9-10-17-12(16)7-6-11-5-4-8-13-14-11;10-6-4(8(13)14)1-3(7(11)12)2-5(6)9(15)16/h4-5,8H,6-7,9-10H2,1-3H3;1-2,10H/q+1;/p-1. The minimum atomic E-state index is -1.46. The van der Waals surface area contributed by atoms with Crippen molar-refractivity contribution >= 4 is 23.0 Å².